The van der Waals surface area contributed by atoms with Gasteiger partial charge in [-0.15, -0.1) is 11.8 Å². The Bertz CT molecular complexity index is 944. The lowest BCUT2D eigenvalue weighted by Crippen LogP contribution is -2.50. The minimum atomic E-state index is -6.17. The fourth-order valence-corrected chi connectivity index (χ4v) is 5.31. The summed E-state index contributed by atoms with van der Waals surface area (Å²) in [6, 6.07) is 10.8. The molecule has 2 nitrogen and oxygen atoms in total. The molecule has 0 aliphatic carbocycles. The van der Waals surface area contributed by atoms with Crippen LogP contribution >= 0.6 is 11.8 Å². The molecule has 1 amide bonds. The van der Waals surface area contributed by atoms with E-state index in [-0.39, 0.29) is 6.54 Å². The molecule has 0 aromatic heterocycles. The molecule has 0 saturated carbocycles. The summed E-state index contributed by atoms with van der Waals surface area (Å²) >= 11 is 1.39. The number of carbonyl (C=O) groups excluding carboxylic acids is 1. The summed E-state index contributed by atoms with van der Waals surface area (Å²) in [7, 11) is 0. The van der Waals surface area contributed by atoms with Gasteiger partial charge in [-0.2, -0.15) is 26.3 Å². The molecular weight excluding hydrogens is 459 g/mol. The van der Waals surface area contributed by atoms with Crippen molar-refractivity contribution in [2.45, 2.75) is 47.4 Å². The molecule has 0 spiro atoms. The van der Waals surface area contributed by atoms with Crippen LogP contribution in [0.3, 0.4) is 0 Å². The van der Waals surface area contributed by atoms with Gasteiger partial charge in [-0.25, -0.2) is 4.39 Å². The zero-order valence-electron chi connectivity index (χ0n) is 16.9. The third-order valence-electron chi connectivity index (χ3n) is 5.62. The van der Waals surface area contributed by atoms with Crippen LogP contribution in [0.4, 0.5) is 30.7 Å². The number of amides is 1. The number of benzene rings is 2. The lowest BCUT2D eigenvalue weighted by Gasteiger charge is -2.32. The first-order valence-electron chi connectivity index (χ1n) is 9.77. The second kappa shape index (κ2) is 8.61. The molecule has 10 heteroatoms. The number of aryl methyl sites for hydroxylation is 1. The summed E-state index contributed by atoms with van der Waals surface area (Å²) in [5, 5.41) is 0. The smallest absolute Gasteiger partial charge is 0.343 e. The van der Waals surface area contributed by atoms with Crippen LogP contribution in [0.15, 0.2) is 53.4 Å². The van der Waals surface area contributed by atoms with Gasteiger partial charge in [0.05, 0.1) is 4.75 Å². The van der Waals surface area contributed by atoms with E-state index in [9.17, 15) is 35.5 Å². The number of likely N-dealkylation sites (tertiary alicyclic amines) is 1. The van der Waals surface area contributed by atoms with Crippen LogP contribution in [0.1, 0.15) is 30.0 Å². The third-order valence-corrected chi connectivity index (χ3v) is 7.07. The third kappa shape index (κ3) is 4.33. The van der Waals surface area contributed by atoms with Crippen LogP contribution in [0.5, 0.6) is 0 Å². The largest absolute Gasteiger partial charge is 0.435 e. The monoisotopic (exact) mass is 479 g/mol. The average molecular weight is 479 g/mol. The molecule has 0 radical (unpaired) electrons. The summed E-state index contributed by atoms with van der Waals surface area (Å²) in [5.74, 6) is 0. The molecule has 32 heavy (non-hydrogen) atoms. The van der Waals surface area contributed by atoms with Crippen LogP contribution in [0, 0.1) is 0 Å². The van der Waals surface area contributed by atoms with Crippen molar-refractivity contribution in [2.75, 3.05) is 13.1 Å². The highest BCUT2D eigenvalue weighted by Gasteiger charge is 2.73. The molecule has 1 heterocycles. The van der Waals surface area contributed by atoms with Crippen molar-refractivity contribution in [1.82, 2.24) is 4.90 Å². The zero-order chi connectivity index (χ0) is 23.8. The van der Waals surface area contributed by atoms with Crippen molar-refractivity contribution < 1.29 is 35.5 Å². The zero-order valence-corrected chi connectivity index (χ0v) is 17.8. The Hall–Kier alpha value is -2.23. The summed E-state index contributed by atoms with van der Waals surface area (Å²) < 4.78 is 92.0. The summed E-state index contributed by atoms with van der Waals surface area (Å²) in [5.41, 5.74) is -5.52. The van der Waals surface area contributed by atoms with Crippen molar-refractivity contribution in [3.8, 4) is 0 Å². The number of rotatable bonds is 6. The highest BCUT2D eigenvalue weighted by atomic mass is 32.2. The second-order valence-corrected chi connectivity index (χ2v) is 9.11. The van der Waals surface area contributed by atoms with Crippen LogP contribution in [-0.2, 0) is 21.6 Å². The van der Waals surface area contributed by atoms with E-state index in [1.807, 2.05) is 31.2 Å². The molecule has 2 aromatic rings. The van der Waals surface area contributed by atoms with E-state index in [1.54, 1.807) is 0 Å². The molecule has 3 rings (SSSR count). The number of carbonyl (C=O) groups is 1. The van der Waals surface area contributed by atoms with Gasteiger partial charge in [0.15, 0.2) is 0 Å². The minimum absolute atomic E-state index is 0.218. The SMILES string of the molecule is CCc1cccc(SC2(c3ccc(C(F)(C(F)(F)F)C(F)(F)F)cc3)CCN(C=O)C2)c1. The molecule has 0 bridgehead atoms. The molecule has 174 valence electrons. The molecule has 1 aliphatic heterocycles. The van der Waals surface area contributed by atoms with Crippen molar-refractivity contribution in [2.24, 2.45) is 0 Å². The average Bonchev–Trinajstić information content (AvgIpc) is 3.16. The van der Waals surface area contributed by atoms with Crippen LogP contribution in [0.25, 0.3) is 0 Å². The number of alkyl halides is 7. The maximum absolute atomic E-state index is 14.4. The molecule has 2 aromatic carbocycles. The van der Waals surface area contributed by atoms with Gasteiger partial charge in [0.1, 0.15) is 0 Å². The van der Waals surface area contributed by atoms with Crippen LogP contribution in [0.2, 0.25) is 0 Å². The lowest BCUT2D eigenvalue weighted by molar-refractivity contribution is -0.348. The quantitative estimate of drug-likeness (QED) is 0.354. The van der Waals surface area contributed by atoms with Gasteiger partial charge in [-0.1, -0.05) is 43.3 Å². The first-order valence-corrected chi connectivity index (χ1v) is 10.6. The second-order valence-electron chi connectivity index (χ2n) is 7.65. The predicted octanol–water partition coefficient (Wildman–Crippen LogP) is 6.39. The highest BCUT2D eigenvalue weighted by Crippen LogP contribution is 2.54. The standard InChI is InChI=1S/C22H20F7NOS/c1-2-15-4-3-5-18(12-15)32-19(10-11-30(13-19)14-31)16-6-8-17(9-7-16)20(23,21(24,25)26)22(27,28)29/h3-9,12,14H,2,10-11,13H2,1H3. The van der Waals surface area contributed by atoms with Gasteiger partial charge in [0, 0.05) is 23.5 Å². The number of halogens is 7. The molecule has 1 atom stereocenters. The first-order chi connectivity index (χ1) is 14.9. The van der Waals surface area contributed by atoms with Gasteiger partial charge < -0.3 is 4.90 Å². The highest BCUT2D eigenvalue weighted by molar-refractivity contribution is 8.00. The van der Waals surface area contributed by atoms with E-state index < -0.39 is 28.3 Å². The Morgan fingerprint density at radius 2 is 1.62 bits per heavy atom. The Balaban J connectivity index is 2.02. The first kappa shape index (κ1) is 24.4. The fraction of sp³-hybridized carbons (Fsp3) is 0.409. The molecule has 1 saturated heterocycles. The Morgan fingerprint density at radius 1 is 1.00 bits per heavy atom. The number of hydrogen-bond donors (Lipinski definition) is 0. The molecule has 1 fully saturated rings. The molecular formula is C22H20F7NOS. The van der Waals surface area contributed by atoms with Crippen molar-refractivity contribution in [3.63, 3.8) is 0 Å². The van der Waals surface area contributed by atoms with E-state index in [2.05, 4.69) is 0 Å². The topological polar surface area (TPSA) is 20.3 Å². The predicted molar refractivity (Wildman–Crippen MR) is 107 cm³/mol. The van der Waals surface area contributed by atoms with Gasteiger partial charge in [-0.05, 0) is 36.1 Å². The summed E-state index contributed by atoms with van der Waals surface area (Å²) in [6.45, 7) is 2.58. The van der Waals surface area contributed by atoms with E-state index in [4.69, 9.17) is 0 Å². The van der Waals surface area contributed by atoms with Crippen molar-refractivity contribution >= 4 is 18.2 Å². The molecule has 1 unspecified atom stereocenters. The molecule has 1 aliphatic rings. The number of hydrogen-bond acceptors (Lipinski definition) is 2. The van der Waals surface area contributed by atoms with Gasteiger partial charge in [0.25, 0.3) is 0 Å². The van der Waals surface area contributed by atoms with E-state index in [0.717, 1.165) is 29.0 Å². The van der Waals surface area contributed by atoms with Crippen LogP contribution in [-0.4, -0.2) is 36.8 Å². The number of thioether (sulfide) groups is 1. The van der Waals surface area contributed by atoms with E-state index in [0.29, 0.717) is 37.1 Å². The lowest BCUT2D eigenvalue weighted by atomic mass is 9.90. The molecule has 0 N–H and O–H groups in total. The van der Waals surface area contributed by atoms with Crippen LogP contribution < -0.4 is 0 Å². The Kier molecular flexibility index (Phi) is 6.57. The van der Waals surface area contributed by atoms with Gasteiger partial charge >= 0.3 is 18.0 Å². The van der Waals surface area contributed by atoms with Crippen molar-refractivity contribution in [3.05, 3.63) is 65.2 Å². The summed E-state index contributed by atoms with van der Waals surface area (Å²) in [6.07, 6.45) is -10.5. The Labute approximate surface area is 184 Å². The van der Waals surface area contributed by atoms with Gasteiger partial charge in [-0.3, -0.25) is 4.79 Å². The van der Waals surface area contributed by atoms with E-state index >= 15 is 0 Å². The fourth-order valence-electron chi connectivity index (χ4n) is 3.82. The van der Waals surface area contributed by atoms with Gasteiger partial charge in [0.2, 0.25) is 6.41 Å². The number of nitrogens with zero attached hydrogens (tertiary/aromatic N) is 1. The Morgan fingerprint density at radius 3 is 2.12 bits per heavy atom. The normalized spacial score (nSPS) is 19.9. The summed E-state index contributed by atoms with van der Waals surface area (Å²) in [4.78, 5) is 13.7. The maximum atomic E-state index is 14.4. The maximum Gasteiger partial charge on any atom is 0.435 e. The van der Waals surface area contributed by atoms with E-state index in [1.165, 1.54) is 16.7 Å². The minimum Gasteiger partial charge on any atom is -0.343 e. The van der Waals surface area contributed by atoms with Crippen molar-refractivity contribution in [1.29, 1.82) is 0 Å².